The molecule has 0 fully saturated rings. The molecule has 2 nitrogen and oxygen atoms in total. The zero-order chi connectivity index (χ0) is 11.3. The highest BCUT2D eigenvalue weighted by atomic mass is 15.1. The first-order valence-electron chi connectivity index (χ1n) is 6.13. The molecular formula is C13H26N2. The molecule has 1 unspecified atom stereocenters. The molecule has 0 saturated heterocycles. The van der Waals surface area contributed by atoms with Crippen LogP contribution in [0.3, 0.4) is 0 Å². The van der Waals surface area contributed by atoms with E-state index < -0.39 is 0 Å². The Bertz CT molecular complexity index is 203. The molecule has 0 bridgehead atoms. The molecule has 1 rings (SSSR count). The van der Waals surface area contributed by atoms with Crippen molar-refractivity contribution in [2.45, 2.75) is 52.1 Å². The topological polar surface area (TPSA) is 15.3 Å². The van der Waals surface area contributed by atoms with Crippen molar-refractivity contribution >= 4 is 0 Å². The molecule has 0 spiro atoms. The van der Waals surface area contributed by atoms with Crippen LogP contribution in [0.15, 0.2) is 12.2 Å². The number of rotatable bonds is 4. The van der Waals surface area contributed by atoms with Gasteiger partial charge in [0.2, 0.25) is 0 Å². The average Bonchev–Trinajstić information content (AvgIpc) is 2.17. The molecule has 0 aromatic rings. The lowest BCUT2D eigenvalue weighted by Crippen LogP contribution is -2.41. The van der Waals surface area contributed by atoms with E-state index in [9.17, 15) is 0 Å². The van der Waals surface area contributed by atoms with Crippen LogP contribution in [0.1, 0.15) is 40.5 Å². The predicted octanol–water partition coefficient (Wildman–Crippen LogP) is 2.42. The zero-order valence-corrected chi connectivity index (χ0v) is 10.7. The molecule has 1 heterocycles. The van der Waals surface area contributed by atoms with Gasteiger partial charge in [0.15, 0.2) is 0 Å². The Morgan fingerprint density at radius 1 is 1.33 bits per heavy atom. The Hall–Kier alpha value is -0.340. The van der Waals surface area contributed by atoms with Crippen LogP contribution in [0.5, 0.6) is 0 Å². The summed E-state index contributed by atoms with van der Waals surface area (Å²) in [5.41, 5.74) is 0.252. The second-order valence-electron chi connectivity index (χ2n) is 5.57. The van der Waals surface area contributed by atoms with Crippen molar-refractivity contribution in [1.29, 1.82) is 0 Å². The van der Waals surface area contributed by atoms with Gasteiger partial charge in [-0.15, -0.1) is 0 Å². The molecule has 0 aliphatic carbocycles. The van der Waals surface area contributed by atoms with Gasteiger partial charge in [0.25, 0.3) is 0 Å². The first kappa shape index (κ1) is 12.7. The van der Waals surface area contributed by atoms with Crippen molar-refractivity contribution in [2.24, 2.45) is 0 Å². The molecule has 0 aromatic heterocycles. The minimum absolute atomic E-state index is 0.252. The summed E-state index contributed by atoms with van der Waals surface area (Å²) >= 11 is 0. The van der Waals surface area contributed by atoms with Crippen molar-refractivity contribution in [2.75, 3.05) is 19.6 Å². The first-order valence-corrected chi connectivity index (χ1v) is 6.13. The van der Waals surface area contributed by atoms with Crippen molar-refractivity contribution < 1.29 is 0 Å². The molecular weight excluding hydrogens is 184 g/mol. The van der Waals surface area contributed by atoms with Gasteiger partial charge in [0.05, 0.1) is 0 Å². The third-order valence-corrected chi connectivity index (χ3v) is 2.93. The molecule has 0 saturated carbocycles. The Labute approximate surface area is 94.7 Å². The van der Waals surface area contributed by atoms with E-state index in [4.69, 9.17) is 0 Å². The third-order valence-electron chi connectivity index (χ3n) is 2.93. The summed E-state index contributed by atoms with van der Waals surface area (Å²) in [6, 6.07) is 0.699. The summed E-state index contributed by atoms with van der Waals surface area (Å²) in [4.78, 5) is 2.56. The Morgan fingerprint density at radius 3 is 2.60 bits per heavy atom. The smallest absolute Gasteiger partial charge is 0.0166 e. The summed E-state index contributed by atoms with van der Waals surface area (Å²) in [5.74, 6) is 0. The SMILES string of the molecule is CC(CCNC(C)(C)C)N1CC=CCC1. The van der Waals surface area contributed by atoms with Gasteiger partial charge in [-0.05, 0) is 47.1 Å². The standard InChI is InChI=1S/C13H26N2/c1-12(8-9-14-13(2,3)4)15-10-6-5-7-11-15/h5-6,12,14H,7-11H2,1-4H3. The van der Waals surface area contributed by atoms with Crippen LogP contribution in [0.25, 0.3) is 0 Å². The minimum Gasteiger partial charge on any atom is -0.312 e. The molecule has 2 heteroatoms. The maximum atomic E-state index is 3.55. The maximum absolute atomic E-state index is 3.55. The lowest BCUT2D eigenvalue weighted by Gasteiger charge is -2.31. The van der Waals surface area contributed by atoms with Crippen LogP contribution in [0.4, 0.5) is 0 Å². The minimum atomic E-state index is 0.252. The molecule has 1 atom stereocenters. The Morgan fingerprint density at radius 2 is 2.07 bits per heavy atom. The van der Waals surface area contributed by atoms with E-state index in [0.29, 0.717) is 6.04 Å². The van der Waals surface area contributed by atoms with Crippen LogP contribution >= 0.6 is 0 Å². The first-order chi connectivity index (χ1) is 6.99. The van der Waals surface area contributed by atoms with Crippen molar-refractivity contribution in [3.8, 4) is 0 Å². The van der Waals surface area contributed by atoms with E-state index in [2.05, 4.69) is 50.1 Å². The van der Waals surface area contributed by atoms with Gasteiger partial charge < -0.3 is 5.32 Å². The van der Waals surface area contributed by atoms with E-state index in [1.54, 1.807) is 0 Å². The number of hydrogen-bond acceptors (Lipinski definition) is 2. The van der Waals surface area contributed by atoms with Crippen molar-refractivity contribution in [3.63, 3.8) is 0 Å². The van der Waals surface area contributed by atoms with E-state index in [-0.39, 0.29) is 5.54 Å². The summed E-state index contributed by atoms with van der Waals surface area (Å²) in [5, 5.41) is 3.55. The van der Waals surface area contributed by atoms with Gasteiger partial charge in [-0.1, -0.05) is 12.2 Å². The average molecular weight is 210 g/mol. The Balaban J connectivity index is 2.18. The largest absolute Gasteiger partial charge is 0.312 e. The molecule has 1 aliphatic heterocycles. The molecule has 0 radical (unpaired) electrons. The maximum Gasteiger partial charge on any atom is 0.0166 e. The highest BCUT2D eigenvalue weighted by Gasteiger charge is 2.15. The third kappa shape index (κ3) is 5.33. The highest BCUT2D eigenvalue weighted by molar-refractivity contribution is 4.92. The van der Waals surface area contributed by atoms with Gasteiger partial charge in [0, 0.05) is 24.7 Å². The summed E-state index contributed by atoms with van der Waals surface area (Å²) in [6.07, 6.45) is 7.04. The Kier molecular flexibility index (Phi) is 4.81. The van der Waals surface area contributed by atoms with E-state index >= 15 is 0 Å². The molecule has 15 heavy (non-hydrogen) atoms. The molecule has 1 aliphatic rings. The van der Waals surface area contributed by atoms with Gasteiger partial charge in [0.1, 0.15) is 0 Å². The number of hydrogen-bond donors (Lipinski definition) is 1. The fraction of sp³-hybridized carbons (Fsp3) is 0.846. The lowest BCUT2D eigenvalue weighted by molar-refractivity contribution is 0.213. The second-order valence-corrected chi connectivity index (χ2v) is 5.57. The predicted molar refractivity (Wildman–Crippen MR) is 67.2 cm³/mol. The van der Waals surface area contributed by atoms with Crippen LogP contribution in [-0.2, 0) is 0 Å². The fourth-order valence-corrected chi connectivity index (χ4v) is 1.90. The fourth-order valence-electron chi connectivity index (χ4n) is 1.90. The van der Waals surface area contributed by atoms with Gasteiger partial charge in [-0.3, -0.25) is 4.90 Å². The molecule has 0 amide bonds. The summed E-state index contributed by atoms with van der Waals surface area (Å²) in [6.45, 7) is 12.5. The van der Waals surface area contributed by atoms with Crippen LogP contribution < -0.4 is 5.32 Å². The van der Waals surface area contributed by atoms with Crippen LogP contribution in [-0.4, -0.2) is 36.1 Å². The summed E-state index contributed by atoms with van der Waals surface area (Å²) in [7, 11) is 0. The van der Waals surface area contributed by atoms with E-state index in [0.717, 1.165) is 13.1 Å². The second kappa shape index (κ2) is 5.66. The molecule has 88 valence electrons. The number of nitrogens with one attached hydrogen (secondary N) is 1. The highest BCUT2D eigenvalue weighted by Crippen LogP contribution is 2.09. The monoisotopic (exact) mass is 210 g/mol. The molecule has 1 N–H and O–H groups in total. The van der Waals surface area contributed by atoms with Crippen LogP contribution in [0.2, 0.25) is 0 Å². The molecule has 0 aromatic carbocycles. The number of nitrogens with zero attached hydrogens (tertiary/aromatic N) is 1. The van der Waals surface area contributed by atoms with Crippen molar-refractivity contribution in [1.82, 2.24) is 10.2 Å². The lowest BCUT2D eigenvalue weighted by atomic mass is 10.1. The zero-order valence-electron chi connectivity index (χ0n) is 10.7. The van der Waals surface area contributed by atoms with E-state index in [1.165, 1.54) is 19.4 Å². The normalized spacial score (nSPS) is 20.5. The quantitative estimate of drug-likeness (QED) is 0.717. The van der Waals surface area contributed by atoms with Gasteiger partial charge >= 0.3 is 0 Å². The van der Waals surface area contributed by atoms with Gasteiger partial charge in [-0.2, -0.15) is 0 Å². The van der Waals surface area contributed by atoms with Crippen molar-refractivity contribution in [3.05, 3.63) is 12.2 Å². The summed E-state index contributed by atoms with van der Waals surface area (Å²) < 4.78 is 0. The van der Waals surface area contributed by atoms with Crippen LogP contribution in [0, 0.1) is 0 Å². The van der Waals surface area contributed by atoms with E-state index in [1.807, 2.05) is 0 Å². The van der Waals surface area contributed by atoms with Gasteiger partial charge in [-0.25, -0.2) is 0 Å².